The molecule has 1 aliphatic rings. The van der Waals surface area contributed by atoms with Crippen LogP contribution in [0, 0.1) is 11.7 Å². The average molecular weight is 345 g/mol. The first-order chi connectivity index (χ1) is 11.6. The second kappa shape index (κ2) is 6.06. The Balaban J connectivity index is 1.56. The van der Waals surface area contributed by atoms with Gasteiger partial charge in [0.2, 0.25) is 0 Å². The van der Waals surface area contributed by atoms with Gasteiger partial charge in [0.05, 0.1) is 16.9 Å². The highest BCUT2D eigenvalue weighted by atomic mass is 35.5. The quantitative estimate of drug-likeness (QED) is 0.724. The van der Waals surface area contributed by atoms with E-state index in [2.05, 4.69) is 15.0 Å². The topological polar surface area (TPSA) is 34.0 Å². The number of anilines is 1. The number of fused-ring (bicyclic) bond motifs is 1. The van der Waals surface area contributed by atoms with E-state index in [1.54, 1.807) is 12.3 Å². The van der Waals surface area contributed by atoms with E-state index in [1.807, 2.05) is 36.3 Å². The third-order valence-electron chi connectivity index (χ3n) is 4.69. The highest BCUT2D eigenvalue weighted by molar-refractivity contribution is 6.35. The molecule has 0 amide bonds. The molecule has 1 aromatic carbocycles. The zero-order valence-electron chi connectivity index (χ0n) is 13.4. The van der Waals surface area contributed by atoms with Gasteiger partial charge in [-0.1, -0.05) is 11.6 Å². The summed E-state index contributed by atoms with van der Waals surface area (Å²) in [4.78, 5) is 6.28. The van der Waals surface area contributed by atoms with Gasteiger partial charge in [-0.25, -0.2) is 4.39 Å². The normalized spacial score (nSPS) is 17.8. The summed E-state index contributed by atoms with van der Waals surface area (Å²) in [6.07, 6.45) is 7.53. The number of benzene rings is 1. The predicted octanol–water partition coefficient (Wildman–Crippen LogP) is 3.83. The van der Waals surface area contributed by atoms with Crippen molar-refractivity contribution in [3.05, 3.63) is 53.2 Å². The molecule has 0 bridgehead atoms. The number of pyridine rings is 1. The molecule has 0 aliphatic carbocycles. The summed E-state index contributed by atoms with van der Waals surface area (Å²) in [5.74, 6) is 0.230. The van der Waals surface area contributed by atoms with Crippen molar-refractivity contribution in [2.75, 3.05) is 18.0 Å². The van der Waals surface area contributed by atoms with E-state index in [0.29, 0.717) is 27.5 Å². The maximum absolute atomic E-state index is 14.9. The van der Waals surface area contributed by atoms with E-state index in [-0.39, 0.29) is 5.82 Å². The molecule has 1 unspecified atom stereocenters. The van der Waals surface area contributed by atoms with Crippen molar-refractivity contribution in [2.24, 2.45) is 13.0 Å². The van der Waals surface area contributed by atoms with Gasteiger partial charge in [-0.2, -0.15) is 5.10 Å². The molecule has 2 aromatic heterocycles. The zero-order chi connectivity index (χ0) is 16.7. The monoisotopic (exact) mass is 344 g/mol. The fourth-order valence-corrected chi connectivity index (χ4v) is 3.72. The third-order valence-corrected chi connectivity index (χ3v) is 5.02. The second-order valence-electron chi connectivity index (χ2n) is 6.41. The van der Waals surface area contributed by atoms with Crippen LogP contribution in [0.5, 0.6) is 0 Å². The van der Waals surface area contributed by atoms with E-state index in [0.717, 1.165) is 25.9 Å². The number of aromatic nitrogens is 3. The average Bonchev–Trinajstić information content (AvgIpc) is 3.18. The SMILES string of the molecule is Cn1cc(CC2CCN(c3ccc4c(Cl)ccnc4c3F)C2)cn1. The molecular weight excluding hydrogens is 327 g/mol. The highest BCUT2D eigenvalue weighted by Crippen LogP contribution is 2.33. The van der Waals surface area contributed by atoms with E-state index in [9.17, 15) is 4.39 Å². The minimum atomic E-state index is -0.281. The lowest BCUT2D eigenvalue weighted by atomic mass is 10.0. The van der Waals surface area contributed by atoms with Crippen LogP contribution in [0.2, 0.25) is 5.02 Å². The molecule has 6 heteroatoms. The lowest BCUT2D eigenvalue weighted by Gasteiger charge is -2.20. The minimum absolute atomic E-state index is 0.281. The lowest BCUT2D eigenvalue weighted by Crippen LogP contribution is -2.21. The number of nitrogens with zero attached hydrogens (tertiary/aromatic N) is 4. The molecule has 0 N–H and O–H groups in total. The largest absolute Gasteiger partial charge is 0.369 e. The van der Waals surface area contributed by atoms with Gasteiger partial charge >= 0.3 is 0 Å². The molecule has 0 radical (unpaired) electrons. The predicted molar refractivity (Wildman–Crippen MR) is 93.9 cm³/mol. The van der Waals surface area contributed by atoms with Gasteiger partial charge in [-0.3, -0.25) is 9.67 Å². The van der Waals surface area contributed by atoms with Crippen LogP contribution < -0.4 is 4.90 Å². The molecule has 1 fully saturated rings. The van der Waals surface area contributed by atoms with Crippen molar-refractivity contribution in [3.63, 3.8) is 0 Å². The van der Waals surface area contributed by atoms with Crippen LogP contribution in [0.1, 0.15) is 12.0 Å². The van der Waals surface area contributed by atoms with Crippen LogP contribution >= 0.6 is 11.6 Å². The van der Waals surface area contributed by atoms with Crippen LogP contribution in [0.4, 0.5) is 10.1 Å². The first kappa shape index (κ1) is 15.4. The third kappa shape index (κ3) is 2.73. The van der Waals surface area contributed by atoms with E-state index in [1.165, 1.54) is 5.56 Å². The number of rotatable bonds is 3. The molecule has 1 aliphatic heterocycles. The zero-order valence-corrected chi connectivity index (χ0v) is 14.2. The van der Waals surface area contributed by atoms with Crippen LogP contribution in [-0.4, -0.2) is 27.9 Å². The van der Waals surface area contributed by atoms with Crippen molar-refractivity contribution in [3.8, 4) is 0 Å². The minimum Gasteiger partial charge on any atom is -0.369 e. The van der Waals surface area contributed by atoms with Crippen molar-refractivity contribution in [2.45, 2.75) is 12.8 Å². The van der Waals surface area contributed by atoms with Gasteiger partial charge in [0.15, 0.2) is 5.82 Å². The van der Waals surface area contributed by atoms with Crippen molar-refractivity contribution < 1.29 is 4.39 Å². The Kier molecular flexibility index (Phi) is 3.88. The molecule has 0 spiro atoms. The van der Waals surface area contributed by atoms with E-state index in [4.69, 9.17) is 11.6 Å². The summed E-state index contributed by atoms with van der Waals surface area (Å²) in [6, 6.07) is 5.36. The van der Waals surface area contributed by atoms with Crippen LogP contribution in [0.25, 0.3) is 10.9 Å². The fourth-order valence-electron chi connectivity index (χ4n) is 3.51. The van der Waals surface area contributed by atoms with E-state index < -0.39 is 0 Å². The Morgan fingerprint density at radius 2 is 2.21 bits per heavy atom. The number of hydrogen-bond acceptors (Lipinski definition) is 3. The molecule has 4 nitrogen and oxygen atoms in total. The molecule has 3 aromatic rings. The lowest BCUT2D eigenvalue weighted by molar-refractivity contribution is 0.583. The second-order valence-corrected chi connectivity index (χ2v) is 6.82. The van der Waals surface area contributed by atoms with Crippen LogP contribution in [0.3, 0.4) is 0 Å². The number of hydrogen-bond donors (Lipinski definition) is 0. The molecule has 24 heavy (non-hydrogen) atoms. The summed E-state index contributed by atoms with van der Waals surface area (Å²) in [5.41, 5.74) is 2.19. The standard InChI is InChI=1S/C18H18ClFN4/c1-23-10-13(9-22-23)8-12-5-7-24(11-12)16-3-2-14-15(19)4-6-21-18(14)17(16)20/h2-4,6,9-10,12H,5,7-8,11H2,1H3. The summed E-state index contributed by atoms with van der Waals surface area (Å²) in [7, 11) is 1.92. The Hall–Kier alpha value is -2.14. The van der Waals surface area contributed by atoms with Crippen molar-refractivity contribution in [1.82, 2.24) is 14.8 Å². The van der Waals surface area contributed by atoms with Gasteiger partial charge < -0.3 is 4.90 Å². The summed E-state index contributed by atoms with van der Waals surface area (Å²) < 4.78 is 16.7. The summed E-state index contributed by atoms with van der Waals surface area (Å²) in [5, 5.41) is 5.40. The Morgan fingerprint density at radius 1 is 1.33 bits per heavy atom. The van der Waals surface area contributed by atoms with Crippen LogP contribution in [0.15, 0.2) is 36.8 Å². The number of halogens is 2. The maximum Gasteiger partial charge on any atom is 0.172 e. The van der Waals surface area contributed by atoms with E-state index >= 15 is 0 Å². The number of aryl methyl sites for hydroxylation is 1. The van der Waals surface area contributed by atoms with Gasteiger partial charge in [0.1, 0.15) is 5.52 Å². The molecular formula is C18H18ClFN4. The van der Waals surface area contributed by atoms with Gasteiger partial charge in [-0.15, -0.1) is 0 Å². The smallest absolute Gasteiger partial charge is 0.172 e. The first-order valence-electron chi connectivity index (χ1n) is 8.07. The van der Waals surface area contributed by atoms with Crippen LogP contribution in [-0.2, 0) is 13.5 Å². The highest BCUT2D eigenvalue weighted by Gasteiger charge is 2.26. The molecule has 0 saturated carbocycles. The fraction of sp³-hybridized carbons (Fsp3) is 0.333. The van der Waals surface area contributed by atoms with Crippen molar-refractivity contribution >= 4 is 28.2 Å². The van der Waals surface area contributed by atoms with Crippen molar-refractivity contribution in [1.29, 1.82) is 0 Å². The molecule has 1 atom stereocenters. The Labute approximate surface area is 144 Å². The first-order valence-corrected chi connectivity index (χ1v) is 8.45. The molecule has 1 saturated heterocycles. The Morgan fingerprint density at radius 3 is 3.00 bits per heavy atom. The van der Waals surface area contributed by atoms with Gasteiger partial charge in [-0.05, 0) is 42.5 Å². The van der Waals surface area contributed by atoms with Gasteiger partial charge in [0.25, 0.3) is 0 Å². The molecule has 4 rings (SSSR count). The maximum atomic E-state index is 14.9. The molecule has 3 heterocycles. The molecule has 124 valence electrons. The summed E-state index contributed by atoms with van der Waals surface area (Å²) in [6.45, 7) is 1.70. The summed E-state index contributed by atoms with van der Waals surface area (Å²) >= 11 is 6.13. The van der Waals surface area contributed by atoms with Gasteiger partial charge in [0, 0.05) is 37.9 Å². The Bertz CT molecular complexity index is 892.